The first kappa shape index (κ1) is 14.7. The number of halogens is 3. The summed E-state index contributed by atoms with van der Waals surface area (Å²) in [6, 6.07) is 5.20. The van der Waals surface area contributed by atoms with Crippen LogP contribution >= 0.6 is 0 Å². The summed E-state index contributed by atoms with van der Waals surface area (Å²) in [4.78, 5) is 0. The molecule has 0 fully saturated rings. The summed E-state index contributed by atoms with van der Waals surface area (Å²) >= 11 is 0. The average Bonchev–Trinajstić information content (AvgIpc) is 2.34. The molecule has 0 aliphatic heterocycles. The van der Waals surface area contributed by atoms with Crippen LogP contribution < -0.4 is 11.3 Å². The maximum Gasteiger partial charge on any atom is 0.416 e. The second-order valence-electron chi connectivity index (χ2n) is 4.13. The number of hydrazine groups is 1. The molecule has 1 unspecified atom stereocenters. The Morgan fingerprint density at radius 2 is 1.89 bits per heavy atom. The Morgan fingerprint density at radius 3 is 2.33 bits per heavy atom. The Morgan fingerprint density at radius 1 is 1.28 bits per heavy atom. The molecule has 2 nitrogen and oxygen atoms in total. The molecule has 1 rings (SSSR count). The van der Waals surface area contributed by atoms with E-state index in [1.807, 2.05) is 0 Å². The Kier molecular flexibility index (Phi) is 5.37. The monoisotopic (exact) mass is 258 g/mol. The first-order chi connectivity index (χ1) is 8.47. The van der Waals surface area contributed by atoms with E-state index < -0.39 is 11.7 Å². The molecule has 0 radical (unpaired) electrons. The summed E-state index contributed by atoms with van der Waals surface area (Å²) in [6.45, 7) is 3.62. The van der Waals surface area contributed by atoms with Gasteiger partial charge >= 0.3 is 6.18 Å². The van der Waals surface area contributed by atoms with Crippen molar-refractivity contribution in [2.45, 2.75) is 31.5 Å². The van der Waals surface area contributed by atoms with Crippen molar-refractivity contribution in [1.82, 2.24) is 5.43 Å². The van der Waals surface area contributed by atoms with Crippen LogP contribution in [0.1, 0.15) is 24.0 Å². The van der Waals surface area contributed by atoms with Gasteiger partial charge in [0, 0.05) is 6.04 Å². The Labute approximate surface area is 105 Å². The lowest BCUT2D eigenvalue weighted by molar-refractivity contribution is -0.137. The topological polar surface area (TPSA) is 38.0 Å². The first-order valence-electron chi connectivity index (χ1n) is 5.70. The number of allylic oxidation sites excluding steroid dienone is 1. The van der Waals surface area contributed by atoms with Crippen LogP contribution in [-0.2, 0) is 12.6 Å². The van der Waals surface area contributed by atoms with Crippen LogP contribution in [0, 0.1) is 0 Å². The number of hydrogen-bond donors (Lipinski definition) is 2. The maximum absolute atomic E-state index is 12.4. The molecular weight excluding hydrogens is 241 g/mol. The summed E-state index contributed by atoms with van der Waals surface area (Å²) in [7, 11) is 0. The minimum atomic E-state index is -4.28. The van der Waals surface area contributed by atoms with Crippen molar-refractivity contribution in [1.29, 1.82) is 0 Å². The fourth-order valence-electron chi connectivity index (χ4n) is 1.68. The van der Waals surface area contributed by atoms with E-state index in [1.54, 1.807) is 6.08 Å². The highest BCUT2D eigenvalue weighted by Crippen LogP contribution is 2.29. The molecule has 0 aliphatic rings. The number of nitrogens with one attached hydrogen (secondary N) is 1. The molecular formula is C13H17F3N2. The molecule has 1 aromatic carbocycles. The van der Waals surface area contributed by atoms with Gasteiger partial charge in [-0.1, -0.05) is 18.2 Å². The van der Waals surface area contributed by atoms with E-state index in [-0.39, 0.29) is 6.04 Å². The van der Waals surface area contributed by atoms with Gasteiger partial charge in [0.25, 0.3) is 0 Å². The third kappa shape index (κ3) is 4.50. The highest BCUT2D eigenvalue weighted by atomic mass is 19.4. The van der Waals surface area contributed by atoms with Gasteiger partial charge in [-0.2, -0.15) is 13.2 Å². The van der Waals surface area contributed by atoms with Crippen LogP contribution in [0.5, 0.6) is 0 Å². The molecule has 0 aromatic heterocycles. The quantitative estimate of drug-likeness (QED) is 0.467. The van der Waals surface area contributed by atoms with Crippen molar-refractivity contribution in [2.75, 3.05) is 0 Å². The summed E-state index contributed by atoms with van der Waals surface area (Å²) in [5.74, 6) is 5.40. The van der Waals surface area contributed by atoms with Crippen LogP contribution in [-0.4, -0.2) is 6.04 Å². The minimum absolute atomic E-state index is 0.0414. The Hall–Kier alpha value is -1.33. The van der Waals surface area contributed by atoms with Gasteiger partial charge < -0.3 is 0 Å². The van der Waals surface area contributed by atoms with Gasteiger partial charge in [0.2, 0.25) is 0 Å². The summed E-state index contributed by atoms with van der Waals surface area (Å²) in [6.07, 6.45) is -0.275. The second-order valence-corrected chi connectivity index (χ2v) is 4.13. The molecule has 5 heteroatoms. The standard InChI is InChI=1S/C13H17F3N2/c1-2-3-4-12(18-17)9-10-5-7-11(8-6-10)13(14,15)16/h2,5-8,12,18H,1,3-4,9,17H2. The van der Waals surface area contributed by atoms with E-state index in [0.29, 0.717) is 6.42 Å². The number of alkyl halides is 3. The van der Waals surface area contributed by atoms with Gasteiger partial charge in [-0.05, 0) is 37.0 Å². The molecule has 100 valence electrons. The zero-order valence-corrected chi connectivity index (χ0v) is 10.0. The van der Waals surface area contributed by atoms with E-state index in [0.717, 1.165) is 30.5 Å². The summed E-state index contributed by atoms with van der Waals surface area (Å²) in [5.41, 5.74) is 2.86. The van der Waals surface area contributed by atoms with Gasteiger partial charge in [-0.3, -0.25) is 11.3 Å². The Bertz CT molecular complexity index is 371. The van der Waals surface area contributed by atoms with E-state index in [1.165, 1.54) is 12.1 Å². The SMILES string of the molecule is C=CCCC(Cc1ccc(C(F)(F)F)cc1)NN. The second kappa shape index (κ2) is 6.56. The molecule has 0 amide bonds. The third-order valence-electron chi connectivity index (χ3n) is 2.72. The predicted molar refractivity (Wildman–Crippen MR) is 65.7 cm³/mol. The maximum atomic E-state index is 12.4. The lowest BCUT2D eigenvalue weighted by atomic mass is 10.0. The van der Waals surface area contributed by atoms with Crippen LogP contribution in [0.25, 0.3) is 0 Å². The first-order valence-corrected chi connectivity index (χ1v) is 5.70. The number of rotatable bonds is 6. The molecule has 0 saturated heterocycles. The van der Waals surface area contributed by atoms with Gasteiger partial charge in [0.1, 0.15) is 0 Å². The highest BCUT2D eigenvalue weighted by Gasteiger charge is 2.29. The lowest BCUT2D eigenvalue weighted by Crippen LogP contribution is -2.36. The molecule has 0 saturated carbocycles. The van der Waals surface area contributed by atoms with Gasteiger partial charge in [-0.25, -0.2) is 0 Å². The normalized spacial score (nSPS) is 13.3. The van der Waals surface area contributed by atoms with Gasteiger partial charge in [-0.15, -0.1) is 6.58 Å². The van der Waals surface area contributed by atoms with E-state index in [9.17, 15) is 13.2 Å². The summed E-state index contributed by atoms with van der Waals surface area (Å²) in [5, 5.41) is 0. The van der Waals surface area contributed by atoms with Crippen LogP contribution in [0.4, 0.5) is 13.2 Å². The van der Waals surface area contributed by atoms with E-state index in [4.69, 9.17) is 5.84 Å². The number of hydrogen-bond acceptors (Lipinski definition) is 2. The predicted octanol–water partition coefficient (Wildman–Crippen LogP) is 3.05. The lowest BCUT2D eigenvalue weighted by Gasteiger charge is -2.15. The largest absolute Gasteiger partial charge is 0.416 e. The van der Waals surface area contributed by atoms with Gasteiger partial charge in [0.05, 0.1) is 5.56 Å². The minimum Gasteiger partial charge on any atom is -0.271 e. The average molecular weight is 258 g/mol. The molecule has 3 N–H and O–H groups in total. The molecule has 0 heterocycles. The third-order valence-corrected chi connectivity index (χ3v) is 2.72. The Balaban J connectivity index is 2.64. The van der Waals surface area contributed by atoms with E-state index in [2.05, 4.69) is 12.0 Å². The van der Waals surface area contributed by atoms with Crippen LogP contribution in [0.3, 0.4) is 0 Å². The molecule has 0 aliphatic carbocycles. The zero-order chi connectivity index (χ0) is 13.6. The van der Waals surface area contributed by atoms with Crippen molar-refractivity contribution in [3.8, 4) is 0 Å². The van der Waals surface area contributed by atoms with Gasteiger partial charge in [0.15, 0.2) is 0 Å². The number of benzene rings is 1. The van der Waals surface area contributed by atoms with Crippen molar-refractivity contribution < 1.29 is 13.2 Å². The molecule has 1 aromatic rings. The molecule has 18 heavy (non-hydrogen) atoms. The number of nitrogens with two attached hydrogens (primary N) is 1. The molecule has 0 spiro atoms. The highest BCUT2D eigenvalue weighted by molar-refractivity contribution is 5.25. The van der Waals surface area contributed by atoms with E-state index >= 15 is 0 Å². The van der Waals surface area contributed by atoms with Crippen molar-refractivity contribution in [3.05, 3.63) is 48.0 Å². The zero-order valence-electron chi connectivity index (χ0n) is 10.0. The smallest absolute Gasteiger partial charge is 0.271 e. The van der Waals surface area contributed by atoms with Crippen molar-refractivity contribution in [3.63, 3.8) is 0 Å². The fraction of sp³-hybridized carbons (Fsp3) is 0.385. The van der Waals surface area contributed by atoms with Crippen molar-refractivity contribution in [2.24, 2.45) is 5.84 Å². The summed E-state index contributed by atoms with van der Waals surface area (Å²) < 4.78 is 37.1. The molecule has 1 atom stereocenters. The van der Waals surface area contributed by atoms with Crippen LogP contribution in [0.2, 0.25) is 0 Å². The molecule has 0 bridgehead atoms. The fourth-order valence-corrected chi connectivity index (χ4v) is 1.68. The van der Waals surface area contributed by atoms with Crippen molar-refractivity contribution >= 4 is 0 Å². The van der Waals surface area contributed by atoms with Crippen LogP contribution in [0.15, 0.2) is 36.9 Å².